The quantitative estimate of drug-likeness (QED) is 0.771. The van der Waals surface area contributed by atoms with Crippen molar-refractivity contribution in [2.45, 2.75) is 38.8 Å². The number of carbonyl (C=O) groups excluding carboxylic acids is 1. The zero-order chi connectivity index (χ0) is 17.8. The van der Waals surface area contributed by atoms with Crippen molar-refractivity contribution in [3.8, 4) is 11.5 Å². The Bertz CT molecular complexity index is 753. The molecule has 4 heteroatoms. The van der Waals surface area contributed by atoms with Crippen LogP contribution in [0.15, 0.2) is 42.5 Å². The third-order valence-corrected chi connectivity index (χ3v) is 4.57. The van der Waals surface area contributed by atoms with Crippen molar-refractivity contribution in [3.63, 3.8) is 0 Å². The predicted octanol–water partition coefficient (Wildman–Crippen LogP) is 3.75. The molecule has 0 unspecified atom stereocenters. The van der Waals surface area contributed by atoms with Gasteiger partial charge in [-0.3, -0.25) is 4.79 Å². The number of rotatable bonds is 7. The van der Waals surface area contributed by atoms with Crippen LogP contribution in [0.5, 0.6) is 11.5 Å². The number of carbonyl (C=O) groups is 1. The topological polar surface area (TPSA) is 38.8 Å². The lowest BCUT2D eigenvalue weighted by atomic mass is 10.1. The Morgan fingerprint density at radius 1 is 1.12 bits per heavy atom. The molecule has 0 heterocycles. The lowest BCUT2D eigenvalue weighted by Gasteiger charge is -2.23. The Balaban J connectivity index is 1.77. The molecule has 25 heavy (non-hydrogen) atoms. The van der Waals surface area contributed by atoms with Gasteiger partial charge in [-0.2, -0.15) is 0 Å². The molecule has 0 bridgehead atoms. The van der Waals surface area contributed by atoms with Crippen molar-refractivity contribution in [2.75, 3.05) is 14.2 Å². The highest BCUT2D eigenvalue weighted by Gasteiger charge is 2.32. The molecule has 1 fully saturated rings. The minimum absolute atomic E-state index is 0.135. The maximum absolute atomic E-state index is 13.0. The summed E-state index contributed by atoms with van der Waals surface area (Å²) in [6.07, 6.45) is 2.50. The molecule has 0 aromatic heterocycles. The first-order valence-corrected chi connectivity index (χ1v) is 8.66. The summed E-state index contributed by atoms with van der Waals surface area (Å²) in [5.74, 6) is 1.59. The van der Waals surface area contributed by atoms with Gasteiger partial charge >= 0.3 is 0 Å². The number of aryl methyl sites for hydroxylation is 1. The van der Waals surface area contributed by atoms with E-state index >= 15 is 0 Å². The van der Waals surface area contributed by atoms with Crippen molar-refractivity contribution < 1.29 is 14.3 Å². The molecule has 1 amide bonds. The molecule has 1 aliphatic carbocycles. The Labute approximate surface area is 149 Å². The fraction of sp³-hybridized carbons (Fsp3) is 0.381. The van der Waals surface area contributed by atoms with Crippen LogP contribution < -0.4 is 9.47 Å². The highest BCUT2D eigenvalue weighted by atomic mass is 16.5. The van der Waals surface area contributed by atoms with Crippen LogP contribution in [-0.2, 0) is 17.8 Å². The van der Waals surface area contributed by atoms with E-state index in [-0.39, 0.29) is 5.91 Å². The molecule has 1 saturated carbocycles. The molecule has 3 rings (SSSR count). The summed E-state index contributed by atoms with van der Waals surface area (Å²) in [6, 6.07) is 14.3. The second-order valence-corrected chi connectivity index (χ2v) is 6.60. The first-order chi connectivity index (χ1) is 12.1. The van der Waals surface area contributed by atoms with Crippen molar-refractivity contribution in [2.24, 2.45) is 0 Å². The lowest BCUT2D eigenvalue weighted by Crippen LogP contribution is -2.33. The minimum atomic E-state index is 0.135. The van der Waals surface area contributed by atoms with E-state index in [0.717, 1.165) is 29.9 Å². The Hall–Kier alpha value is -2.49. The van der Waals surface area contributed by atoms with Gasteiger partial charge in [0.1, 0.15) is 11.5 Å². The summed E-state index contributed by atoms with van der Waals surface area (Å²) in [6.45, 7) is 2.74. The minimum Gasteiger partial charge on any atom is -0.497 e. The highest BCUT2D eigenvalue weighted by molar-refractivity contribution is 5.80. The van der Waals surface area contributed by atoms with Gasteiger partial charge in [-0.15, -0.1) is 0 Å². The normalized spacial score (nSPS) is 13.4. The van der Waals surface area contributed by atoms with Crippen molar-refractivity contribution in [1.82, 2.24) is 4.90 Å². The van der Waals surface area contributed by atoms with Crippen LogP contribution in [0.2, 0.25) is 0 Å². The van der Waals surface area contributed by atoms with Gasteiger partial charge in [0.05, 0.1) is 20.6 Å². The molecule has 0 atom stereocenters. The predicted molar refractivity (Wildman–Crippen MR) is 98.0 cm³/mol. The molecule has 132 valence electrons. The fourth-order valence-corrected chi connectivity index (χ4v) is 3.10. The first-order valence-electron chi connectivity index (χ1n) is 8.66. The molecule has 0 aliphatic heterocycles. The number of hydrogen-bond donors (Lipinski definition) is 0. The monoisotopic (exact) mass is 339 g/mol. The number of ether oxygens (including phenoxy) is 2. The Morgan fingerprint density at radius 2 is 1.92 bits per heavy atom. The maximum atomic E-state index is 13.0. The number of benzene rings is 2. The molecule has 0 saturated heterocycles. The van der Waals surface area contributed by atoms with Gasteiger partial charge in [-0.1, -0.05) is 29.8 Å². The lowest BCUT2D eigenvalue weighted by molar-refractivity contribution is -0.131. The average molecular weight is 339 g/mol. The van der Waals surface area contributed by atoms with Crippen molar-refractivity contribution in [3.05, 3.63) is 59.2 Å². The summed E-state index contributed by atoms with van der Waals surface area (Å²) in [7, 11) is 3.25. The van der Waals surface area contributed by atoms with Gasteiger partial charge in [0.2, 0.25) is 5.91 Å². The number of nitrogens with zero attached hydrogens (tertiary/aromatic N) is 1. The smallest absolute Gasteiger partial charge is 0.227 e. The zero-order valence-electron chi connectivity index (χ0n) is 15.1. The van der Waals surface area contributed by atoms with Crippen LogP contribution in [0.3, 0.4) is 0 Å². The summed E-state index contributed by atoms with van der Waals surface area (Å²) < 4.78 is 10.7. The van der Waals surface area contributed by atoms with E-state index < -0.39 is 0 Å². The van der Waals surface area contributed by atoms with Crippen LogP contribution in [0.25, 0.3) is 0 Å². The molecular formula is C21H25NO3. The van der Waals surface area contributed by atoms with Gasteiger partial charge in [0, 0.05) is 18.2 Å². The molecule has 2 aromatic carbocycles. The summed E-state index contributed by atoms with van der Waals surface area (Å²) in [4.78, 5) is 15.0. The van der Waals surface area contributed by atoms with E-state index in [1.807, 2.05) is 29.2 Å². The van der Waals surface area contributed by atoms with Gasteiger partial charge in [-0.25, -0.2) is 0 Å². The van der Waals surface area contributed by atoms with Gasteiger partial charge < -0.3 is 14.4 Å². The molecule has 0 spiro atoms. The van der Waals surface area contributed by atoms with E-state index in [1.165, 1.54) is 11.1 Å². The molecular weight excluding hydrogens is 314 g/mol. The van der Waals surface area contributed by atoms with Crippen molar-refractivity contribution >= 4 is 5.91 Å². The van der Waals surface area contributed by atoms with Crippen molar-refractivity contribution in [1.29, 1.82) is 0 Å². The number of amides is 1. The standard InChI is InChI=1S/C21H25NO3/c1-15-5-4-6-16(11-15)14-22(18-7-8-18)21(23)13-17-12-19(24-2)9-10-20(17)25-3/h4-6,9-12,18H,7-8,13-14H2,1-3H3. The summed E-state index contributed by atoms with van der Waals surface area (Å²) in [5.41, 5.74) is 3.26. The number of hydrogen-bond acceptors (Lipinski definition) is 3. The van der Waals surface area contributed by atoms with E-state index in [2.05, 4.69) is 25.1 Å². The van der Waals surface area contributed by atoms with Crippen LogP contribution >= 0.6 is 0 Å². The fourth-order valence-electron chi connectivity index (χ4n) is 3.10. The molecule has 1 aliphatic rings. The van der Waals surface area contributed by atoms with Gasteiger partial charge in [0.15, 0.2) is 0 Å². The van der Waals surface area contributed by atoms with Crippen LogP contribution in [0.1, 0.15) is 29.5 Å². The maximum Gasteiger partial charge on any atom is 0.227 e. The molecule has 2 aromatic rings. The highest BCUT2D eigenvalue weighted by Crippen LogP contribution is 2.31. The first kappa shape index (κ1) is 17.3. The van der Waals surface area contributed by atoms with E-state index in [1.54, 1.807) is 14.2 Å². The molecule has 4 nitrogen and oxygen atoms in total. The molecule has 0 N–H and O–H groups in total. The van der Waals surface area contributed by atoms with Gasteiger partial charge in [0.25, 0.3) is 0 Å². The SMILES string of the molecule is COc1ccc(OC)c(CC(=O)N(Cc2cccc(C)c2)C2CC2)c1. The Morgan fingerprint density at radius 3 is 2.56 bits per heavy atom. The number of methoxy groups -OCH3 is 2. The second-order valence-electron chi connectivity index (χ2n) is 6.60. The zero-order valence-corrected chi connectivity index (χ0v) is 15.1. The third kappa shape index (κ3) is 4.32. The van der Waals surface area contributed by atoms with E-state index in [4.69, 9.17) is 9.47 Å². The summed E-state index contributed by atoms with van der Waals surface area (Å²) >= 11 is 0. The molecule has 0 radical (unpaired) electrons. The third-order valence-electron chi connectivity index (χ3n) is 4.57. The summed E-state index contributed by atoms with van der Waals surface area (Å²) in [5, 5.41) is 0. The second kappa shape index (κ2) is 7.60. The average Bonchev–Trinajstić information content (AvgIpc) is 3.44. The Kier molecular flexibility index (Phi) is 5.27. The van der Waals surface area contributed by atoms with Gasteiger partial charge in [-0.05, 0) is 43.5 Å². The van der Waals surface area contributed by atoms with E-state index in [9.17, 15) is 4.79 Å². The largest absolute Gasteiger partial charge is 0.497 e. The van der Waals surface area contributed by atoms with E-state index in [0.29, 0.717) is 19.0 Å². The van der Waals surface area contributed by atoms with Crippen LogP contribution in [-0.4, -0.2) is 31.1 Å². The van der Waals surface area contributed by atoms with Crippen LogP contribution in [0, 0.1) is 6.92 Å². The van der Waals surface area contributed by atoms with Crippen LogP contribution in [0.4, 0.5) is 0 Å².